The third-order valence-corrected chi connectivity index (χ3v) is 4.02. The van der Waals surface area contributed by atoms with Crippen molar-refractivity contribution in [3.05, 3.63) is 35.4 Å². The Kier molecular flexibility index (Phi) is 3.71. The standard InChI is InChI=1S/C15H21NO2/c1-12-7-3-4-8-13(12)15(2,11-14(17)18)16-9-5-6-10-16/h3-4,7-8H,5-6,9-11H2,1-2H3,(H,17,18). The SMILES string of the molecule is Cc1ccccc1C(C)(CC(=O)O)N1CCCC1. The number of likely N-dealkylation sites (tertiary alicyclic amines) is 1. The Balaban J connectivity index is 2.41. The predicted octanol–water partition coefficient (Wildman–Crippen LogP) is 2.78. The zero-order valence-corrected chi connectivity index (χ0v) is 11.1. The zero-order chi connectivity index (χ0) is 13.2. The Hall–Kier alpha value is -1.35. The minimum atomic E-state index is -0.729. The Morgan fingerprint density at radius 3 is 2.50 bits per heavy atom. The first-order chi connectivity index (χ1) is 8.54. The molecule has 18 heavy (non-hydrogen) atoms. The molecule has 1 heterocycles. The summed E-state index contributed by atoms with van der Waals surface area (Å²) in [6.07, 6.45) is 2.50. The molecule has 3 nitrogen and oxygen atoms in total. The number of carboxylic acid groups (broad SMARTS) is 1. The summed E-state index contributed by atoms with van der Waals surface area (Å²) in [6, 6.07) is 8.13. The van der Waals surface area contributed by atoms with E-state index in [2.05, 4.69) is 30.9 Å². The average molecular weight is 247 g/mol. The van der Waals surface area contributed by atoms with E-state index >= 15 is 0 Å². The summed E-state index contributed by atoms with van der Waals surface area (Å²) in [4.78, 5) is 13.6. The van der Waals surface area contributed by atoms with Gasteiger partial charge in [0.2, 0.25) is 0 Å². The summed E-state index contributed by atoms with van der Waals surface area (Å²) in [7, 11) is 0. The second-order valence-electron chi connectivity index (χ2n) is 5.35. The van der Waals surface area contributed by atoms with Crippen molar-refractivity contribution < 1.29 is 9.90 Å². The van der Waals surface area contributed by atoms with Gasteiger partial charge < -0.3 is 5.11 Å². The fourth-order valence-electron chi connectivity index (χ4n) is 3.06. The Morgan fingerprint density at radius 2 is 1.94 bits per heavy atom. The maximum atomic E-state index is 11.2. The van der Waals surface area contributed by atoms with Crippen molar-refractivity contribution in [3.8, 4) is 0 Å². The molecule has 1 saturated heterocycles. The molecule has 0 aliphatic carbocycles. The second-order valence-corrected chi connectivity index (χ2v) is 5.35. The highest BCUT2D eigenvalue weighted by Gasteiger charge is 2.38. The first-order valence-corrected chi connectivity index (χ1v) is 6.57. The second kappa shape index (κ2) is 5.11. The number of benzene rings is 1. The van der Waals surface area contributed by atoms with Crippen molar-refractivity contribution in [2.75, 3.05) is 13.1 Å². The number of aryl methyl sites for hydroxylation is 1. The molecule has 98 valence electrons. The van der Waals surface area contributed by atoms with Crippen molar-refractivity contribution in [2.24, 2.45) is 0 Å². The molecule has 3 heteroatoms. The van der Waals surface area contributed by atoms with E-state index in [0.29, 0.717) is 0 Å². The molecular weight excluding hydrogens is 226 g/mol. The Bertz CT molecular complexity index is 438. The molecule has 1 aromatic rings. The van der Waals surface area contributed by atoms with Crippen LogP contribution in [0, 0.1) is 6.92 Å². The average Bonchev–Trinajstić information content (AvgIpc) is 2.82. The lowest BCUT2D eigenvalue weighted by atomic mass is 9.84. The molecule has 0 saturated carbocycles. The van der Waals surface area contributed by atoms with Crippen LogP contribution < -0.4 is 0 Å². The van der Waals surface area contributed by atoms with Crippen LogP contribution >= 0.6 is 0 Å². The maximum absolute atomic E-state index is 11.2. The van der Waals surface area contributed by atoms with Gasteiger partial charge in [0.1, 0.15) is 0 Å². The zero-order valence-electron chi connectivity index (χ0n) is 11.1. The number of carbonyl (C=O) groups is 1. The molecular formula is C15H21NO2. The highest BCUT2D eigenvalue weighted by Crippen LogP contribution is 2.36. The van der Waals surface area contributed by atoms with E-state index in [-0.39, 0.29) is 12.0 Å². The molecule has 0 radical (unpaired) electrons. The molecule has 0 aromatic heterocycles. The molecule has 1 aliphatic rings. The van der Waals surface area contributed by atoms with E-state index in [1.807, 2.05) is 12.1 Å². The van der Waals surface area contributed by atoms with Gasteiger partial charge in [-0.2, -0.15) is 0 Å². The summed E-state index contributed by atoms with van der Waals surface area (Å²) in [6.45, 7) is 6.12. The van der Waals surface area contributed by atoms with Crippen LogP contribution in [0.15, 0.2) is 24.3 Å². The predicted molar refractivity (Wildman–Crippen MR) is 71.6 cm³/mol. The summed E-state index contributed by atoms with van der Waals surface area (Å²) >= 11 is 0. The van der Waals surface area contributed by atoms with Crippen LogP contribution in [0.25, 0.3) is 0 Å². The molecule has 1 aliphatic heterocycles. The number of aliphatic carboxylic acids is 1. The van der Waals surface area contributed by atoms with Crippen LogP contribution in [-0.4, -0.2) is 29.1 Å². The third kappa shape index (κ3) is 2.41. The van der Waals surface area contributed by atoms with E-state index in [9.17, 15) is 9.90 Å². The molecule has 1 fully saturated rings. The van der Waals surface area contributed by atoms with Crippen molar-refractivity contribution in [2.45, 2.75) is 38.6 Å². The minimum absolute atomic E-state index is 0.165. The van der Waals surface area contributed by atoms with Crippen molar-refractivity contribution >= 4 is 5.97 Å². The van der Waals surface area contributed by atoms with Gasteiger partial charge in [-0.1, -0.05) is 24.3 Å². The molecule has 2 rings (SSSR count). The van der Waals surface area contributed by atoms with Crippen LogP contribution in [0.5, 0.6) is 0 Å². The van der Waals surface area contributed by atoms with Gasteiger partial charge in [0, 0.05) is 0 Å². The maximum Gasteiger partial charge on any atom is 0.305 e. The van der Waals surface area contributed by atoms with Gasteiger partial charge in [-0.3, -0.25) is 9.69 Å². The summed E-state index contributed by atoms with van der Waals surface area (Å²) in [5.41, 5.74) is 1.94. The van der Waals surface area contributed by atoms with Crippen molar-refractivity contribution in [1.29, 1.82) is 0 Å². The van der Waals surface area contributed by atoms with Gasteiger partial charge >= 0.3 is 5.97 Å². The molecule has 1 unspecified atom stereocenters. The first-order valence-electron chi connectivity index (χ1n) is 6.57. The van der Waals surface area contributed by atoms with Crippen LogP contribution in [0.4, 0.5) is 0 Å². The van der Waals surface area contributed by atoms with Gasteiger partial charge in [0.05, 0.1) is 12.0 Å². The highest BCUT2D eigenvalue weighted by atomic mass is 16.4. The fraction of sp³-hybridized carbons (Fsp3) is 0.533. The number of nitrogens with zero attached hydrogens (tertiary/aromatic N) is 1. The normalized spacial score (nSPS) is 19.7. The van der Waals surface area contributed by atoms with E-state index in [4.69, 9.17) is 0 Å². The lowest BCUT2D eigenvalue weighted by molar-refractivity contribution is -0.140. The molecule has 1 aromatic carbocycles. The smallest absolute Gasteiger partial charge is 0.305 e. The van der Waals surface area contributed by atoms with E-state index in [0.717, 1.165) is 18.7 Å². The molecule has 1 atom stereocenters. The molecule has 0 spiro atoms. The number of rotatable bonds is 4. The number of hydrogen-bond donors (Lipinski definition) is 1. The van der Waals surface area contributed by atoms with E-state index in [1.165, 1.54) is 18.4 Å². The van der Waals surface area contributed by atoms with Gasteiger partial charge in [0.15, 0.2) is 0 Å². The minimum Gasteiger partial charge on any atom is -0.481 e. The fourth-order valence-corrected chi connectivity index (χ4v) is 3.06. The summed E-state index contributed by atoms with van der Waals surface area (Å²) in [5.74, 6) is -0.729. The number of carboxylic acids is 1. The lowest BCUT2D eigenvalue weighted by Gasteiger charge is -2.39. The van der Waals surface area contributed by atoms with Crippen LogP contribution in [0.1, 0.15) is 37.3 Å². The van der Waals surface area contributed by atoms with Crippen molar-refractivity contribution in [3.63, 3.8) is 0 Å². The van der Waals surface area contributed by atoms with Crippen molar-refractivity contribution in [1.82, 2.24) is 4.90 Å². The Labute approximate surface area is 108 Å². The van der Waals surface area contributed by atoms with E-state index in [1.54, 1.807) is 0 Å². The highest BCUT2D eigenvalue weighted by molar-refractivity contribution is 5.69. The van der Waals surface area contributed by atoms with Crippen LogP contribution in [0.2, 0.25) is 0 Å². The van der Waals surface area contributed by atoms with Gasteiger partial charge in [-0.25, -0.2) is 0 Å². The lowest BCUT2D eigenvalue weighted by Crippen LogP contribution is -2.44. The summed E-state index contributed by atoms with van der Waals surface area (Å²) in [5, 5.41) is 9.23. The monoisotopic (exact) mass is 247 g/mol. The van der Waals surface area contributed by atoms with Crippen LogP contribution in [0.3, 0.4) is 0 Å². The molecule has 0 amide bonds. The van der Waals surface area contributed by atoms with Crippen LogP contribution in [-0.2, 0) is 10.3 Å². The van der Waals surface area contributed by atoms with E-state index < -0.39 is 5.97 Å². The quantitative estimate of drug-likeness (QED) is 0.889. The topological polar surface area (TPSA) is 40.5 Å². The Morgan fingerprint density at radius 1 is 1.33 bits per heavy atom. The van der Waals surface area contributed by atoms with Gasteiger partial charge in [0.25, 0.3) is 0 Å². The third-order valence-electron chi connectivity index (χ3n) is 4.02. The largest absolute Gasteiger partial charge is 0.481 e. The van der Waals surface area contributed by atoms with Gasteiger partial charge in [-0.15, -0.1) is 0 Å². The number of hydrogen-bond acceptors (Lipinski definition) is 2. The first kappa shape index (κ1) is 13.1. The molecule has 1 N–H and O–H groups in total. The summed E-state index contributed by atoms with van der Waals surface area (Å²) < 4.78 is 0. The van der Waals surface area contributed by atoms with Gasteiger partial charge in [-0.05, 0) is 50.9 Å². The molecule has 0 bridgehead atoms.